The van der Waals surface area contributed by atoms with Crippen molar-refractivity contribution in [3.63, 3.8) is 0 Å². The van der Waals surface area contributed by atoms with Crippen LogP contribution in [0.2, 0.25) is 0 Å². The number of hydrogen-bond donors (Lipinski definition) is 2. The predicted octanol–water partition coefficient (Wildman–Crippen LogP) is 4.54. The van der Waals surface area contributed by atoms with Gasteiger partial charge >= 0.3 is 0 Å². The summed E-state index contributed by atoms with van der Waals surface area (Å²) in [7, 11) is 0. The zero-order valence-electron chi connectivity index (χ0n) is 16.1. The Bertz CT molecular complexity index is 975. The van der Waals surface area contributed by atoms with E-state index >= 15 is 0 Å². The standard InChI is InChI=1S/C23H22FN3O2/c1-2-27(19-8-4-3-5-9-19)23(29)17-12-14-18(15-13-17)25-16-22(28)26-21-11-7-6-10-20(21)24/h3-15,25H,2,16H2,1H3,(H,26,28). The summed E-state index contributed by atoms with van der Waals surface area (Å²) in [6, 6.07) is 22.4. The first-order valence-electron chi connectivity index (χ1n) is 9.33. The number of carbonyl (C=O) groups is 2. The van der Waals surface area contributed by atoms with Gasteiger partial charge in [-0.3, -0.25) is 9.59 Å². The van der Waals surface area contributed by atoms with Crippen LogP contribution in [-0.2, 0) is 4.79 Å². The summed E-state index contributed by atoms with van der Waals surface area (Å²) in [5.41, 5.74) is 2.22. The molecule has 3 aromatic rings. The number of amides is 2. The average molecular weight is 391 g/mol. The summed E-state index contributed by atoms with van der Waals surface area (Å²) in [5, 5.41) is 5.48. The molecule has 3 rings (SSSR count). The molecule has 0 atom stereocenters. The third-order valence-corrected chi connectivity index (χ3v) is 4.36. The van der Waals surface area contributed by atoms with Gasteiger partial charge in [0.25, 0.3) is 5.91 Å². The smallest absolute Gasteiger partial charge is 0.258 e. The number of carbonyl (C=O) groups excluding carboxylic acids is 2. The van der Waals surface area contributed by atoms with Gasteiger partial charge in [-0.2, -0.15) is 0 Å². The number of benzene rings is 3. The fourth-order valence-electron chi connectivity index (χ4n) is 2.88. The van der Waals surface area contributed by atoms with Crippen LogP contribution in [0.5, 0.6) is 0 Å². The summed E-state index contributed by atoms with van der Waals surface area (Å²) in [5.74, 6) is -0.943. The topological polar surface area (TPSA) is 61.4 Å². The number of halogens is 1. The van der Waals surface area contributed by atoms with Crippen molar-refractivity contribution in [1.29, 1.82) is 0 Å². The molecule has 2 N–H and O–H groups in total. The van der Waals surface area contributed by atoms with E-state index in [9.17, 15) is 14.0 Å². The Morgan fingerprint density at radius 1 is 0.897 bits per heavy atom. The van der Waals surface area contributed by atoms with Gasteiger partial charge in [0.2, 0.25) is 5.91 Å². The first-order chi connectivity index (χ1) is 14.1. The van der Waals surface area contributed by atoms with Gasteiger partial charge in [0.15, 0.2) is 0 Å². The summed E-state index contributed by atoms with van der Waals surface area (Å²) in [4.78, 5) is 26.5. The van der Waals surface area contributed by atoms with E-state index in [1.165, 1.54) is 12.1 Å². The van der Waals surface area contributed by atoms with Crippen molar-refractivity contribution < 1.29 is 14.0 Å². The summed E-state index contributed by atoms with van der Waals surface area (Å²) < 4.78 is 13.6. The summed E-state index contributed by atoms with van der Waals surface area (Å²) >= 11 is 0. The summed E-state index contributed by atoms with van der Waals surface area (Å²) in [6.45, 7) is 2.46. The molecule has 29 heavy (non-hydrogen) atoms. The Labute approximate surface area is 169 Å². The molecule has 0 unspecified atom stereocenters. The molecule has 6 heteroatoms. The quantitative estimate of drug-likeness (QED) is 0.621. The van der Waals surface area contributed by atoms with Crippen molar-refractivity contribution in [3.8, 4) is 0 Å². The molecule has 0 fully saturated rings. The van der Waals surface area contributed by atoms with E-state index in [-0.39, 0.29) is 24.0 Å². The van der Waals surface area contributed by atoms with Gasteiger partial charge in [-0.05, 0) is 55.5 Å². The second kappa shape index (κ2) is 9.50. The number of nitrogens with one attached hydrogen (secondary N) is 2. The highest BCUT2D eigenvalue weighted by molar-refractivity contribution is 6.06. The fourth-order valence-corrected chi connectivity index (χ4v) is 2.88. The molecule has 2 amide bonds. The van der Waals surface area contributed by atoms with Crippen LogP contribution in [0.4, 0.5) is 21.5 Å². The monoisotopic (exact) mass is 391 g/mol. The lowest BCUT2D eigenvalue weighted by Gasteiger charge is -2.21. The molecule has 0 saturated heterocycles. The molecule has 0 bridgehead atoms. The maximum absolute atomic E-state index is 13.6. The van der Waals surface area contributed by atoms with E-state index in [1.807, 2.05) is 37.3 Å². The molecule has 148 valence electrons. The molecule has 0 aromatic heterocycles. The first kappa shape index (κ1) is 20.1. The molecule has 0 heterocycles. The predicted molar refractivity (Wildman–Crippen MR) is 114 cm³/mol. The number of hydrogen-bond acceptors (Lipinski definition) is 3. The molecule has 0 saturated carbocycles. The number of nitrogens with zero attached hydrogens (tertiary/aromatic N) is 1. The number of para-hydroxylation sites is 2. The van der Waals surface area contributed by atoms with Crippen LogP contribution in [0.25, 0.3) is 0 Å². The Kier molecular flexibility index (Phi) is 6.58. The minimum absolute atomic E-state index is 0.0211. The Hall–Kier alpha value is -3.67. The zero-order chi connectivity index (χ0) is 20.6. The largest absolute Gasteiger partial charge is 0.376 e. The van der Waals surface area contributed by atoms with Crippen LogP contribution in [0.15, 0.2) is 78.9 Å². The van der Waals surface area contributed by atoms with Crippen molar-refractivity contribution >= 4 is 28.9 Å². The van der Waals surface area contributed by atoms with Crippen LogP contribution >= 0.6 is 0 Å². The third kappa shape index (κ3) is 5.19. The SMILES string of the molecule is CCN(C(=O)c1ccc(NCC(=O)Nc2ccccc2F)cc1)c1ccccc1. The maximum atomic E-state index is 13.6. The highest BCUT2D eigenvalue weighted by Gasteiger charge is 2.15. The number of rotatable bonds is 7. The third-order valence-electron chi connectivity index (χ3n) is 4.36. The van der Waals surface area contributed by atoms with E-state index in [1.54, 1.807) is 41.3 Å². The van der Waals surface area contributed by atoms with Crippen LogP contribution in [0.1, 0.15) is 17.3 Å². The molecule has 0 spiro atoms. The van der Waals surface area contributed by atoms with E-state index in [0.29, 0.717) is 17.8 Å². The minimum atomic E-state index is -0.484. The van der Waals surface area contributed by atoms with Crippen molar-refractivity contribution in [1.82, 2.24) is 0 Å². The molecule has 3 aromatic carbocycles. The van der Waals surface area contributed by atoms with E-state index in [4.69, 9.17) is 0 Å². The molecular formula is C23H22FN3O2. The van der Waals surface area contributed by atoms with Gasteiger partial charge < -0.3 is 15.5 Å². The molecular weight excluding hydrogens is 369 g/mol. The second-order valence-corrected chi connectivity index (χ2v) is 6.34. The van der Waals surface area contributed by atoms with E-state index in [2.05, 4.69) is 10.6 Å². The van der Waals surface area contributed by atoms with Gasteiger partial charge in [-0.1, -0.05) is 30.3 Å². The molecule has 0 aliphatic heterocycles. The maximum Gasteiger partial charge on any atom is 0.258 e. The van der Waals surface area contributed by atoms with Crippen LogP contribution < -0.4 is 15.5 Å². The van der Waals surface area contributed by atoms with Gasteiger partial charge in [-0.15, -0.1) is 0 Å². The van der Waals surface area contributed by atoms with Crippen LogP contribution in [0, 0.1) is 5.82 Å². The van der Waals surface area contributed by atoms with Crippen molar-refractivity contribution in [2.45, 2.75) is 6.92 Å². The average Bonchev–Trinajstić information content (AvgIpc) is 2.75. The van der Waals surface area contributed by atoms with Crippen molar-refractivity contribution in [3.05, 3.63) is 90.2 Å². The first-order valence-corrected chi connectivity index (χ1v) is 9.33. The lowest BCUT2D eigenvalue weighted by atomic mass is 10.1. The van der Waals surface area contributed by atoms with Gasteiger partial charge in [0, 0.05) is 23.5 Å². The van der Waals surface area contributed by atoms with Crippen molar-refractivity contribution in [2.75, 3.05) is 28.6 Å². The molecule has 0 radical (unpaired) electrons. The van der Waals surface area contributed by atoms with Crippen LogP contribution in [0.3, 0.4) is 0 Å². The van der Waals surface area contributed by atoms with Gasteiger partial charge in [0.05, 0.1) is 12.2 Å². The Morgan fingerprint density at radius 3 is 2.21 bits per heavy atom. The zero-order valence-corrected chi connectivity index (χ0v) is 16.1. The lowest BCUT2D eigenvalue weighted by Crippen LogP contribution is -2.30. The minimum Gasteiger partial charge on any atom is -0.376 e. The normalized spacial score (nSPS) is 10.3. The van der Waals surface area contributed by atoms with Crippen LogP contribution in [-0.4, -0.2) is 24.9 Å². The lowest BCUT2D eigenvalue weighted by molar-refractivity contribution is -0.114. The van der Waals surface area contributed by atoms with Gasteiger partial charge in [-0.25, -0.2) is 4.39 Å². The molecule has 0 aliphatic rings. The van der Waals surface area contributed by atoms with Crippen molar-refractivity contribution in [2.24, 2.45) is 0 Å². The van der Waals surface area contributed by atoms with Gasteiger partial charge in [0.1, 0.15) is 5.82 Å². The fraction of sp³-hybridized carbons (Fsp3) is 0.130. The van der Waals surface area contributed by atoms with E-state index in [0.717, 1.165) is 5.69 Å². The second-order valence-electron chi connectivity index (χ2n) is 6.34. The Balaban J connectivity index is 1.59. The van der Waals surface area contributed by atoms with E-state index < -0.39 is 5.82 Å². The Morgan fingerprint density at radius 2 is 1.55 bits per heavy atom. The highest BCUT2D eigenvalue weighted by atomic mass is 19.1. The summed E-state index contributed by atoms with van der Waals surface area (Å²) in [6.07, 6.45) is 0. The molecule has 5 nitrogen and oxygen atoms in total. The highest BCUT2D eigenvalue weighted by Crippen LogP contribution is 2.18. The molecule has 0 aliphatic carbocycles. The number of anilines is 3.